The minimum atomic E-state index is -0.533. The van der Waals surface area contributed by atoms with Crippen LogP contribution in [0.2, 0.25) is 0 Å². The average Bonchev–Trinajstić information content (AvgIpc) is 3.04. The minimum Gasteiger partial charge on any atom is -0.497 e. The molecule has 0 aliphatic carbocycles. The normalized spacial score (nSPS) is 11.4. The molecule has 2 aromatic carbocycles. The smallest absolute Gasteiger partial charge is 0.326 e. The first-order chi connectivity index (χ1) is 13.9. The zero-order valence-electron chi connectivity index (χ0n) is 15.7. The van der Waals surface area contributed by atoms with Crippen LogP contribution < -0.4 is 9.54 Å². The highest BCUT2D eigenvalue weighted by Crippen LogP contribution is 2.23. The zero-order valence-corrected chi connectivity index (χ0v) is 16.5. The molecule has 0 N–H and O–H groups in total. The minimum absolute atomic E-state index is 0.126. The summed E-state index contributed by atoms with van der Waals surface area (Å²) in [5.41, 5.74) is 0.614. The molecule has 150 valence electrons. The maximum atomic E-state index is 12.6. The second kappa shape index (κ2) is 8.65. The molecule has 0 aliphatic heterocycles. The second-order valence-corrected chi connectivity index (χ2v) is 6.84. The number of benzene rings is 2. The third-order valence-corrected chi connectivity index (χ3v) is 5.04. The van der Waals surface area contributed by atoms with Gasteiger partial charge in [0.05, 0.1) is 28.9 Å². The maximum Gasteiger partial charge on any atom is 0.326 e. The molecule has 0 unspecified atom stereocenters. The lowest BCUT2D eigenvalue weighted by Gasteiger charge is -2.05. The van der Waals surface area contributed by atoms with Gasteiger partial charge in [0.1, 0.15) is 12.3 Å². The number of methoxy groups -OCH3 is 1. The summed E-state index contributed by atoms with van der Waals surface area (Å²) in [6, 6.07) is 10.8. The number of hydrogen-bond acceptors (Lipinski definition) is 7. The molecule has 3 aromatic rings. The van der Waals surface area contributed by atoms with E-state index >= 15 is 0 Å². The Morgan fingerprint density at radius 3 is 2.72 bits per heavy atom. The third-order valence-electron chi connectivity index (χ3n) is 3.98. The quantitative estimate of drug-likeness (QED) is 0.347. The van der Waals surface area contributed by atoms with E-state index in [1.165, 1.54) is 23.8 Å². The Hall–Kier alpha value is -3.53. The van der Waals surface area contributed by atoms with Gasteiger partial charge in [-0.3, -0.25) is 19.7 Å². The number of thiazole rings is 1. The predicted molar refractivity (Wildman–Crippen MR) is 106 cm³/mol. The molecule has 1 amide bonds. The predicted octanol–water partition coefficient (Wildman–Crippen LogP) is 2.92. The van der Waals surface area contributed by atoms with Crippen molar-refractivity contribution in [1.82, 2.24) is 4.57 Å². The van der Waals surface area contributed by atoms with E-state index < -0.39 is 16.8 Å². The van der Waals surface area contributed by atoms with Crippen LogP contribution in [0.15, 0.2) is 47.5 Å². The van der Waals surface area contributed by atoms with Crippen LogP contribution in [0.3, 0.4) is 0 Å². The van der Waals surface area contributed by atoms with Gasteiger partial charge in [0.2, 0.25) is 0 Å². The van der Waals surface area contributed by atoms with Crippen LogP contribution in [-0.4, -0.2) is 35.1 Å². The lowest BCUT2D eigenvalue weighted by atomic mass is 10.2. The summed E-state index contributed by atoms with van der Waals surface area (Å²) in [6.07, 6.45) is 0. The fourth-order valence-electron chi connectivity index (χ4n) is 2.65. The highest BCUT2D eigenvalue weighted by molar-refractivity contribution is 7.16. The Kier molecular flexibility index (Phi) is 6.03. The SMILES string of the molecule is CCOC(=O)Cn1c(=NC(=O)c2cccc(OC)c2)sc2ccc([N+](=O)[O-])cc21. The lowest BCUT2D eigenvalue weighted by Crippen LogP contribution is -2.23. The molecule has 0 aliphatic rings. The highest BCUT2D eigenvalue weighted by atomic mass is 32.1. The molecular weight excluding hydrogens is 398 g/mol. The van der Waals surface area contributed by atoms with Gasteiger partial charge in [-0.1, -0.05) is 17.4 Å². The van der Waals surface area contributed by atoms with Crippen molar-refractivity contribution in [2.45, 2.75) is 13.5 Å². The Morgan fingerprint density at radius 2 is 2.03 bits per heavy atom. The largest absolute Gasteiger partial charge is 0.497 e. The van der Waals surface area contributed by atoms with E-state index in [1.54, 1.807) is 37.3 Å². The number of nitrogens with zero attached hydrogens (tertiary/aromatic N) is 3. The number of non-ortho nitro benzene ring substituents is 1. The Labute approximate surface area is 169 Å². The monoisotopic (exact) mass is 415 g/mol. The number of ether oxygens (including phenoxy) is 2. The summed E-state index contributed by atoms with van der Waals surface area (Å²) < 4.78 is 12.2. The molecule has 10 heteroatoms. The van der Waals surface area contributed by atoms with Gasteiger partial charge in [-0.05, 0) is 31.2 Å². The average molecular weight is 415 g/mol. The molecule has 29 heavy (non-hydrogen) atoms. The summed E-state index contributed by atoms with van der Waals surface area (Å²) in [5, 5.41) is 11.1. The molecule has 3 rings (SSSR count). The highest BCUT2D eigenvalue weighted by Gasteiger charge is 2.16. The van der Waals surface area contributed by atoms with Crippen molar-refractivity contribution < 1.29 is 24.0 Å². The van der Waals surface area contributed by atoms with Gasteiger partial charge >= 0.3 is 5.97 Å². The number of nitro benzene ring substituents is 1. The van der Waals surface area contributed by atoms with Crippen LogP contribution in [0.1, 0.15) is 17.3 Å². The van der Waals surface area contributed by atoms with Gasteiger partial charge in [-0.2, -0.15) is 4.99 Å². The Bertz CT molecular complexity index is 1160. The van der Waals surface area contributed by atoms with Gasteiger partial charge in [0.15, 0.2) is 4.80 Å². The van der Waals surface area contributed by atoms with Crippen molar-refractivity contribution in [3.05, 3.63) is 62.9 Å². The van der Waals surface area contributed by atoms with Crippen molar-refractivity contribution >= 4 is 39.1 Å². The first-order valence-electron chi connectivity index (χ1n) is 8.59. The number of amides is 1. The second-order valence-electron chi connectivity index (χ2n) is 5.83. The number of aromatic nitrogens is 1. The van der Waals surface area contributed by atoms with Crippen LogP contribution in [0.25, 0.3) is 10.2 Å². The standard InChI is InChI=1S/C19H17N3O6S/c1-3-28-17(23)11-21-15-10-13(22(25)26)7-8-16(15)29-19(21)20-18(24)12-5-4-6-14(9-12)27-2/h4-10H,3,11H2,1-2H3. The van der Waals surface area contributed by atoms with Crippen LogP contribution in [0.4, 0.5) is 5.69 Å². The maximum absolute atomic E-state index is 12.6. The lowest BCUT2D eigenvalue weighted by molar-refractivity contribution is -0.384. The van der Waals surface area contributed by atoms with E-state index in [4.69, 9.17) is 9.47 Å². The summed E-state index contributed by atoms with van der Waals surface area (Å²) in [5.74, 6) is -0.547. The first-order valence-corrected chi connectivity index (χ1v) is 9.41. The molecule has 0 fully saturated rings. The number of esters is 1. The molecule has 0 saturated heterocycles. The molecule has 0 saturated carbocycles. The molecule has 0 bridgehead atoms. The van der Waals surface area contributed by atoms with Crippen LogP contribution in [0.5, 0.6) is 5.75 Å². The fraction of sp³-hybridized carbons (Fsp3) is 0.211. The van der Waals surface area contributed by atoms with Crippen LogP contribution in [0, 0.1) is 10.1 Å². The van der Waals surface area contributed by atoms with Crippen molar-refractivity contribution in [2.75, 3.05) is 13.7 Å². The van der Waals surface area contributed by atoms with E-state index in [-0.39, 0.29) is 23.6 Å². The van der Waals surface area contributed by atoms with Gasteiger partial charge in [-0.15, -0.1) is 0 Å². The number of fused-ring (bicyclic) bond motifs is 1. The summed E-state index contributed by atoms with van der Waals surface area (Å²) in [4.78, 5) is 39.7. The Balaban J connectivity index is 2.14. The van der Waals surface area contributed by atoms with E-state index in [2.05, 4.69) is 4.99 Å². The van der Waals surface area contributed by atoms with Crippen LogP contribution >= 0.6 is 11.3 Å². The molecule has 0 atom stereocenters. The number of hydrogen-bond donors (Lipinski definition) is 0. The number of carbonyl (C=O) groups is 2. The van der Waals surface area contributed by atoms with E-state index in [1.807, 2.05) is 0 Å². The number of carbonyl (C=O) groups excluding carboxylic acids is 2. The topological polar surface area (TPSA) is 113 Å². The zero-order chi connectivity index (χ0) is 21.0. The number of rotatable bonds is 6. The first kappa shape index (κ1) is 20.2. The Morgan fingerprint density at radius 1 is 1.24 bits per heavy atom. The van der Waals surface area contributed by atoms with Gasteiger partial charge in [0, 0.05) is 17.7 Å². The fourth-order valence-corrected chi connectivity index (χ4v) is 3.66. The third kappa shape index (κ3) is 4.49. The van der Waals surface area contributed by atoms with E-state index in [0.29, 0.717) is 21.5 Å². The molecule has 1 heterocycles. The van der Waals surface area contributed by atoms with Crippen molar-refractivity contribution in [3.8, 4) is 5.75 Å². The summed E-state index contributed by atoms with van der Waals surface area (Å²) in [6.45, 7) is 1.65. The molecular formula is C19H17N3O6S. The molecule has 9 nitrogen and oxygen atoms in total. The molecule has 0 radical (unpaired) electrons. The molecule has 0 spiro atoms. The van der Waals surface area contributed by atoms with E-state index in [0.717, 1.165) is 11.3 Å². The summed E-state index contributed by atoms with van der Waals surface area (Å²) >= 11 is 1.15. The number of nitro groups is 1. The van der Waals surface area contributed by atoms with Crippen molar-refractivity contribution in [1.29, 1.82) is 0 Å². The summed E-state index contributed by atoms with van der Waals surface area (Å²) in [7, 11) is 1.49. The van der Waals surface area contributed by atoms with Crippen molar-refractivity contribution in [3.63, 3.8) is 0 Å². The van der Waals surface area contributed by atoms with E-state index in [9.17, 15) is 19.7 Å². The van der Waals surface area contributed by atoms with Gasteiger partial charge in [-0.25, -0.2) is 0 Å². The van der Waals surface area contributed by atoms with Crippen LogP contribution in [-0.2, 0) is 16.1 Å². The van der Waals surface area contributed by atoms with Gasteiger partial charge in [0.25, 0.3) is 11.6 Å². The molecule has 1 aromatic heterocycles. The van der Waals surface area contributed by atoms with Crippen molar-refractivity contribution in [2.24, 2.45) is 4.99 Å². The van der Waals surface area contributed by atoms with Gasteiger partial charge < -0.3 is 14.0 Å².